The van der Waals surface area contributed by atoms with E-state index in [-0.39, 0.29) is 16.8 Å². The lowest BCUT2D eigenvalue weighted by Gasteiger charge is -2.26. The smallest absolute Gasteiger partial charge is 0.373 e. The lowest BCUT2D eigenvalue weighted by molar-refractivity contribution is -0.138. The number of carbonyl (C=O) groups is 1. The van der Waals surface area contributed by atoms with Crippen molar-refractivity contribution in [3.05, 3.63) is 70.7 Å². The van der Waals surface area contributed by atoms with Crippen molar-refractivity contribution < 1.29 is 18.0 Å². The molecule has 0 spiro atoms. The largest absolute Gasteiger partial charge is 0.416 e. The van der Waals surface area contributed by atoms with Crippen molar-refractivity contribution in [3.8, 4) is 16.9 Å². The highest BCUT2D eigenvalue weighted by molar-refractivity contribution is 6.05. The van der Waals surface area contributed by atoms with Crippen molar-refractivity contribution in [1.82, 2.24) is 29.7 Å². The van der Waals surface area contributed by atoms with Gasteiger partial charge in [-0.1, -0.05) is 11.3 Å². The number of rotatable bonds is 8. The lowest BCUT2D eigenvalue weighted by Crippen LogP contribution is -2.29. The summed E-state index contributed by atoms with van der Waals surface area (Å²) < 4.78 is 45.1. The molecule has 0 fully saturated rings. The van der Waals surface area contributed by atoms with Crippen molar-refractivity contribution >= 4 is 17.3 Å². The van der Waals surface area contributed by atoms with E-state index in [1.807, 2.05) is 39.9 Å². The van der Waals surface area contributed by atoms with E-state index in [2.05, 4.69) is 20.7 Å². The number of anilines is 2. The van der Waals surface area contributed by atoms with Gasteiger partial charge in [0.15, 0.2) is 0 Å². The Balaban J connectivity index is 1.64. The van der Waals surface area contributed by atoms with Crippen LogP contribution >= 0.6 is 0 Å². The number of alkyl halides is 3. The average Bonchev–Trinajstić information content (AvgIpc) is 3.49. The Morgan fingerprint density at radius 1 is 1.05 bits per heavy atom. The fourth-order valence-corrected chi connectivity index (χ4v) is 4.39. The first kappa shape index (κ1) is 28.8. The predicted octanol–water partition coefficient (Wildman–Crippen LogP) is 4.86. The van der Waals surface area contributed by atoms with Gasteiger partial charge in [0.05, 0.1) is 23.6 Å². The summed E-state index contributed by atoms with van der Waals surface area (Å²) in [6, 6.07) is 7.58. The Morgan fingerprint density at radius 3 is 2.40 bits per heavy atom. The standard InChI is InChI=1S/C28H33F3N8O/c1-17-8-9-20(12-25(17)39-16-24(34-35-39)22-15-32-38(7)19(22)3)27(40)33-21-13-23(28(29,30)31)18(2)26(14-21)37(6)11-10-36(4)5/h8-9,12-16H,10-11H2,1-7H3,(H,33,40). The molecule has 2 heterocycles. The van der Waals surface area contributed by atoms with Crippen molar-refractivity contribution in [3.63, 3.8) is 0 Å². The number of hydrogen-bond acceptors (Lipinski definition) is 6. The summed E-state index contributed by atoms with van der Waals surface area (Å²) >= 11 is 0. The topological polar surface area (TPSA) is 84.1 Å². The summed E-state index contributed by atoms with van der Waals surface area (Å²) in [5, 5.41) is 15.4. The van der Waals surface area contributed by atoms with Crippen LogP contribution in [0.5, 0.6) is 0 Å². The Hall–Kier alpha value is -4.19. The molecule has 0 unspecified atom stereocenters. The molecule has 1 N–H and O–H groups in total. The van der Waals surface area contributed by atoms with Crippen LogP contribution in [0.4, 0.5) is 24.5 Å². The predicted molar refractivity (Wildman–Crippen MR) is 149 cm³/mol. The van der Waals surface area contributed by atoms with E-state index < -0.39 is 17.6 Å². The highest BCUT2D eigenvalue weighted by atomic mass is 19.4. The number of benzene rings is 2. The Morgan fingerprint density at radius 2 is 1.77 bits per heavy atom. The molecule has 0 atom stereocenters. The molecule has 4 rings (SSSR count). The second-order valence-corrected chi connectivity index (χ2v) is 10.2. The first-order valence-corrected chi connectivity index (χ1v) is 12.7. The maximum Gasteiger partial charge on any atom is 0.416 e. The molecular weight excluding hydrogens is 521 g/mol. The molecule has 212 valence electrons. The first-order valence-electron chi connectivity index (χ1n) is 12.7. The van der Waals surface area contributed by atoms with E-state index in [0.717, 1.165) is 22.9 Å². The fraction of sp³-hybridized carbons (Fsp3) is 0.357. The minimum absolute atomic E-state index is 0.0619. The molecular formula is C28H33F3N8O. The van der Waals surface area contributed by atoms with Crippen molar-refractivity contribution in [1.29, 1.82) is 0 Å². The second-order valence-electron chi connectivity index (χ2n) is 10.2. The molecule has 12 heteroatoms. The average molecular weight is 555 g/mol. The van der Waals surface area contributed by atoms with Crippen molar-refractivity contribution in [2.45, 2.75) is 26.9 Å². The molecule has 0 saturated carbocycles. The summed E-state index contributed by atoms with van der Waals surface area (Å²) in [6.45, 7) is 6.42. The van der Waals surface area contributed by atoms with Crippen LogP contribution in [0.15, 0.2) is 42.7 Å². The number of nitrogens with one attached hydrogen (secondary N) is 1. The molecule has 9 nitrogen and oxygen atoms in total. The van der Waals surface area contributed by atoms with Crippen LogP contribution in [-0.2, 0) is 13.2 Å². The van der Waals surface area contributed by atoms with E-state index in [9.17, 15) is 18.0 Å². The zero-order valence-electron chi connectivity index (χ0n) is 23.6. The van der Waals surface area contributed by atoms with E-state index in [4.69, 9.17) is 0 Å². The SMILES string of the molecule is Cc1ccc(C(=O)Nc2cc(N(C)CCN(C)C)c(C)c(C(F)(F)F)c2)cc1-n1cc(-c2cnn(C)c2C)nn1. The quantitative estimate of drug-likeness (QED) is 0.335. The van der Waals surface area contributed by atoms with Crippen LogP contribution in [0.2, 0.25) is 0 Å². The summed E-state index contributed by atoms with van der Waals surface area (Å²) in [6.07, 6.45) is -1.11. The van der Waals surface area contributed by atoms with Gasteiger partial charge in [-0.15, -0.1) is 5.10 Å². The van der Waals surface area contributed by atoms with E-state index >= 15 is 0 Å². The summed E-state index contributed by atoms with van der Waals surface area (Å²) in [5.74, 6) is -0.538. The number of likely N-dealkylation sites (N-methyl/N-ethyl adjacent to an activating group) is 2. The van der Waals surface area contributed by atoms with Gasteiger partial charge in [0, 0.05) is 55.4 Å². The monoisotopic (exact) mass is 554 g/mol. The highest BCUT2D eigenvalue weighted by Crippen LogP contribution is 2.38. The third kappa shape index (κ3) is 6.01. The van der Waals surface area contributed by atoms with Crippen LogP contribution < -0.4 is 10.2 Å². The lowest BCUT2D eigenvalue weighted by atomic mass is 10.0. The normalized spacial score (nSPS) is 11.8. The van der Waals surface area contributed by atoms with Gasteiger partial charge in [-0.2, -0.15) is 18.3 Å². The van der Waals surface area contributed by atoms with Gasteiger partial charge >= 0.3 is 6.18 Å². The molecule has 0 bridgehead atoms. The highest BCUT2D eigenvalue weighted by Gasteiger charge is 2.34. The van der Waals surface area contributed by atoms with Crippen LogP contribution in [0.25, 0.3) is 16.9 Å². The van der Waals surface area contributed by atoms with Gasteiger partial charge in [-0.05, 0) is 70.3 Å². The van der Waals surface area contributed by atoms with Crippen molar-refractivity contribution in [2.75, 3.05) is 44.4 Å². The zero-order chi connectivity index (χ0) is 29.4. The van der Waals surface area contributed by atoms with E-state index in [0.29, 0.717) is 30.2 Å². The minimum atomic E-state index is -4.57. The molecule has 1 amide bonds. The van der Waals surface area contributed by atoms with Gasteiger partial charge in [0.2, 0.25) is 0 Å². The molecule has 0 radical (unpaired) electrons. The summed E-state index contributed by atoms with van der Waals surface area (Å²) in [5.41, 5.74) is 3.91. The third-order valence-corrected chi connectivity index (χ3v) is 6.96. The maximum atomic E-state index is 13.9. The van der Waals surface area contributed by atoms with Crippen LogP contribution in [0.1, 0.15) is 32.7 Å². The van der Waals surface area contributed by atoms with E-state index in [1.54, 1.807) is 58.0 Å². The fourth-order valence-electron chi connectivity index (χ4n) is 4.39. The third-order valence-electron chi connectivity index (χ3n) is 6.96. The molecule has 0 aliphatic carbocycles. The Labute approximate surface area is 231 Å². The summed E-state index contributed by atoms with van der Waals surface area (Å²) in [4.78, 5) is 17.0. The molecule has 4 aromatic rings. The number of carbonyl (C=O) groups excluding carboxylic acids is 1. The molecule has 0 saturated heterocycles. The Bertz CT molecular complexity index is 1540. The van der Waals surface area contributed by atoms with Crippen LogP contribution in [-0.4, -0.2) is 69.8 Å². The van der Waals surface area contributed by atoms with Gasteiger partial charge in [0.1, 0.15) is 5.69 Å². The van der Waals surface area contributed by atoms with E-state index in [1.165, 1.54) is 6.92 Å². The number of aryl methyl sites for hydroxylation is 2. The number of aromatic nitrogens is 5. The van der Waals surface area contributed by atoms with Crippen LogP contribution in [0.3, 0.4) is 0 Å². The molecule has 0 aliphatic rings. The second kappa shape index (κ2) is 11.1. The number of nitrogens with zero attached hydrogens (tertiary/aromatic N) is 7. The molecule has 2 aromatic heterocycles. The van der Waals surface area contributed by atoms with Gasteiger partial charge in [-0.3, -0.25) is 9.48 Å². The minimum Gasteiger partial charge on any atom is -0.373 e. The van der Waals surface area contributed by atoms with Crippen LogP contribution in [0, 0.1) is 20.8 Å². The number of amides is 1. The number of halogens is 3. The Kier molecular flexibility index (Phi) is 8.01. The molecule has 0 aliphatic heterocycles. The van der Waals surface area contributed by atoms with Gasteiger partial charge in [-0.25, -0.2) is 4.68 Å². The van der Waals surface area contributed by atoms with Gasteiger partial charge < -0.3 is 15.1 Å². The summed E-state index contributed by atoms with van der Waals surface area (Å²) in [7, 11) is 7.37. The molecule has 2 aromatic carbocycles. The zero-order valence-corrected chi connectivity index (χ0v) is 23.6. The van der Waals surface area contributed by atoms with Gasteiger partial charge in [0.25, 0.3) is 5.91 Å². The maximum absolute atomic E-state index is 13.9. The molecule has 40 heavy (non-hydrogen) atoms. The first-order chi connectivity index (χ1) is 18.8. The van der Waals surface area contributed by atoms with Crippen molar-refractivity contribution in [2.24, 2.45) is 7.05 Å². The number of hydrogen-bond donors (Lipinski definition) is 1.